The van der Waals surface area contributed by atoms with Crippen molar-refractivity contribution in [3.05, 3.63) is 66.9 Å². The molecule has 8 nitrogen and oxygen atoms in total. The highest BCUT2D eigenvalue weighted by atomic mass is 16.2. The number of rotatable bonds is 3. The van der Waals surface area contributed by atoms with Gasteiger partial charge in [0.15, 0.2) is 24.1 Å². The number of carbonyl (C=O) groups is 2. The second kappa shape index (κ2) is 8.30. The maximum atomic E-state index is 13.5. The van der Waals surface area contributed by atoms with Crippen LogP contribution in [0.25, 0.3) is 11.4 Å². The molecule has 1 fully saturated rings. The summed E-state index contributed by atoms with van der Waals surface area (Å²) in [6.45, 7) is 2.64. The van der Waals surface area contributed by atoms with E-state index in [0.29, 0.717) is 30.4 Å². The molecule has 32 heavy (non-hydrogen) atoms. The molecule has 2 aromatic carbocycles. The lowest BCUT2D eigenvalue weighted by molar-refractivity contribution is -0.108. The number of carbonyl (C=O) groups excluding carboxylic acids is 2. The molecule has 3 aromatic rings. The van der Waals surface area contributed by atoms with Crippen LogP contribution < -0.4 is 14.7 Å². The molecule has 1 unspecified atom stereocenters. The highest BCUT2D eigenvalue weighted by molar-refractivity contribution is 6.03. The molecule has 0 N–H and O–H groups in total. The van der Waals surface area contributed by atoms with Gasteiger partial charge in [-0.3, -0.25) is 9.69 Å². The third kappa shape index (κ3) is 3.43. The Balaban J connectivity index is 1.38. The number of likely N-dealkylation sites (N-methyl/N-ethyl adjacent to an activating group) is 1. The van der Waals surface area contributed by atoms with Crippen LogP contribution in [-0.4, -0.2) is 66.6 Å². The minimum atomic E-state index is -0.745. The van der Waals surface area contributed by atoms with Gasteiger partial charge in [0.05, 0.1) is 6.20 Å². The lowest BCUT2D eigenvalue weighted by Gasteiger charge is -2.38. The maximum absolute atomic E-state index is 13.5. The van der Waals surface area contributed by atoms with Crippen molar-refractivity contribution in [2.24, 2.45) is 0 Å². The number of hydrogen-bond acceptors (Lipinski definition) is 6. The van der Waals surface area contributed by atoms with Gasteiger partial charge in [0, 0.05) is 44.5 Å². The topological polar surface area (TPSA) is 72.9 Å². The number of nitrogens with zero attached hydrogens (tertiary/aromatic N) is 6. The van der Waals surface area contributed by atoms with E-state index in [0.717, 1.165) is 30.6 Å². The molecule has 1 aromatic heterocycles. The van der Waals surface area contributed by atoms with Gasteiger partial charge in [0.1, 0.15) is 5.69 Å². The molecule has 1 saturated heterocycles. The maximum Gasteiger partial charge on any atom is 0.326 e. The molecule has 2 aliphatic heterocycles. The predicted octanol–water partition coefficient (Wildman–Crippen LogP) is 2.87. The molecule has 1 atom stereocenters. The van der Waals surface area contributed by atoms with Crippen molar-refractivity contribution < 1.29 is 9.59 Å². The third-order valence-corrected chi connectivity index (χ3v) is 6.04. The van der Waals surface area contributed by atoms with Crippen LogP contribution in [0, 0.1) is 0 Å². The van der Waals surface area contributed by atoms with Crippen molar-refractivity contribution in [1.29, 1.82) is 0 Å². The van der Waals surface area contributed by atoms with E-state index >= 15 is 0 Å². The minimum absolute atomic E-state index is 0.198. The minimum Gasteiger partial charge on any atom is -0.368 e. The zero-order valence-corrected chi connectivity index (χ0v) is 17.8. The van der Waals surface area contributed by atoms with Crippen LogP contribution in [0.5, 0.6) is 0 Å². The number of aldehydes is 1. The summed E-state index contributed by atoms with van der Waals surface area (Å²) in [5.74, 6) is 1.14. The number of benzene rings is 2. The monoisotopic (exact) mass is 428 g/mol. The Bertz CT molecular complexity index is 1120. The van der Waals surface area contributed by atoms with Crippen molar-refractivity contribution in [3.63, 3.8) is 0 Å². The number of para-hydroxylation sites is 1. The van der Waals surface area contributed by atoms with E-state index in [2.05, 4.69) is 27.0 Å². The van der Waals surface area contributed by atoms with Gasteiger partial charge in [-0.1, -0.05) is 48.5 Å². The molecule has 0 radical (unpaired) electrons. The van der Waals surface area contributed by atoms with Gasteiger partial charge in [-0.15, -0.1) is 0 Å². The Labute approximate surface area is 186 Å². The van der Waals surface area contributed by atoms with Gasteiger partial charge >= 0.3 is 6.03 Å². The molecule has 0 spiro atoms. The van der Waals surface area contributed by atoms with Crippen molar-refractivity contribution in [2.45, 2.75) is 6.17 Å². The highest BCUT2D eigenvalue weighted by Crippen LogP contribution is 2.38. The summed E-state index contributed by atoms with van der Waals surface area (Å²) in [5, 5.41) is 0. The second-order valence-corrected chi connectivity index (χ2v) is 7.89. The lowest BCUT2D eigenvalue weighted by Crippen LogP contribution is -2.56. The molecule has 0 bridgehead atoms. The largest absolute Gasteiger partial charge is 0.368 e. The van der Waals surface area contributed by atoms with Gasteiger partial charge in [0.2, 0.25) is 0 Å². The van der Waals surface area contributed by atoms with Crippen molar-refractivity contribution in [1.82, 2.24) is 14.9 Å². The molecule has 8 heteroatoms. The van der Waals surface area contributed by atoms with Crippen LogP contribution in [0.4, 0.5) is 22.0 Å². The fraction of sp³-hybridized carbons (Fsp3) is 0.250. The van der Waals surface area contributed by atoms with Crippen LogP contribution in [0.1, 0.15) is 0 Å². The van der Waals surface area contributed by atoms with Crippen molar-refractivity contribution in [3.8, 4) is 11.4 Å². The summed E-state index contributed by atoms with van der Waals surface area (Å²) < 4.78 is 0. The summed E-state index contributed by atoms with van der Waals surface area (Å²) in [4.78, 5) is 41.9. The van der Waals surface area contributed by atoms with Crippen LogP contribution in [0.15, 0.2) is 66.9 Å². The summed E-state index contributed by atoms with van der Waals surface area (Å²) in [6, 6.07) is 19.6. The molecule has 2 amide bonds. The third-order valence-electron chi connectivity index (χ3n) is 6.04. The molecular formula is C24H24N6O2. The van der Waals surface area contributed by atoms with Crippen molar-refractivity contribution >= 4 is 29.5 Å². The first kappa shape index (κ1) is 20.0. The van der Waals surface area contributed by atoms with E-state index in [-0.39, 0.29) is 6.03 Å². The molecule has 2 aliphatic rings. The average Bonchev–Trinajstić information content (AvgIpc) is 3.15. The summed E-state index contributed by atoms with van der Waals surface area (Å²) >= 11 is 0. The standard InChI is InChI=1S/C24H24N6O2/c1-27-21(17-31)30(20-16-25-22(26-23(20)27)18-8-4-2-5-9-18)24(32)29-14-12-28(13-15-29)19-10-6-3-7-11-19/h2-11,16-17,21H,12-15H2,1H3. The van der Waals surface area contributed by atoms with E-state index < -0.39 is 6.17 Å². The fourth-order valence-corrected chi connectivity index (χ4v) is 4.28. The molecular weight excluding hydrogens is 404 g/mol. The molecule has 0 aliphatic carbocycles. The highest BCUT2D eigenvalue weighted by Gasteiger charge is 2.41. The van der Waals surface area contributed by atoms with E-state index in [4.69, 9.17) is 0 Å². The molecule has 3 heterocycles. The number of aromatic nitrogens is 2. The average molecular weight is 428 g/mol. The number of amides is 2. The number of fused-ring (bicyclic) bond motifs is 1. The summed E-state index contributed by atoms with van der Waals surface area (Å²) in [5.41, 5.74) is 2.59. The number of urea groups is 1. The van der Waals surface area contributed by atoms with Gasteiger partial charge < -0.3 is 14.7 Å². The van der Waals surface area contributed by atoms with E-state index in [1.165, 1.54) is 4.90 Å². The van der Waals surface area contributed by atoms with Crippen LogP contribution >= 0.6 is 0 Å². The normalized spacial score (nSPS) is 18.0. The smallest absolute Gasteiger partial charge is 0.326 e. The van der Waals surface area contributed by atoms with E-state index in [1.807, 2.05) is 48.5 Å². The lowest BCUT2D eigenvalue weighted by atomic mass is 10.2. The van der Waals surface area contributed by atoms with E-state index in [1.54, 1.807) is 23.0 Å². The Hall–Kier alpha value is -3.94. The Morgan fingerprint density at radius 3 is 2.28 bits per heavy atom. The van der Waals surface area contributed by atoms with Crippen LogP contribution in [0.2, 0.25) is 0 Å². The Kier molecular flexibility index (Phi) is 5.18. The first-order valence-electron chi connectivity index (χ1n) is 10.7. The molecule has 5 rings (SSSR count). The number of hydrogen-bond donors (Lipinski definition) is 0. The quantitative estimate of drug-likeness (QED) is 0.598. The summed E-state index contributed by atoms with van der Waals surface area (Å²) in [7, 11) is 1.78. The second-order valence-electron chi connectivity index (χ2n) is 7.89. The van der Waals surface area contributed by atoms with Gasteiger partial charge in [0.25, 0.3) is 0 Å². The molecule has 162 valence electrons. The van der Waals surface area contributed by atoms with E-state index in [9.17, 15) is 9.59 Å². The van der Waals surface area contributed by atoms with Gasteiger partial charge in [-0.25, -0.2) is 14.8 Å². The van der Waals surface area contributed by atoms with Crippen LogP contribution in [0.3, 0.4) is 0 Å². The fourth-order valence-electron chi connectivity index (χ4n) is 4.28. The van der Waals surface area contributed by atoms with Crippen LogP contribution in [-0.2, 0) is 4.79 Å². The number of piperazine rings is 1. The SMILES string of the molecule is CN1c2nc(-c3ccccc3)ncc2N(C(=O)N2CCN(c3ccccc3)CC2)C1C=O. The van der Waals surface area contributed by atoms with Gasteiger partial charge in [-0.2, -0.15) is 0 Å². The van der Waals surface area contributed by atoms with Crippen molar-refractivity contribution in [2.75, 3.05) is 47.9 Å². The first-order valence-corrected chi connectivity index (χ1v) is 10.7. The zero-order valence-electron chi connectivity index (χ0n) is 17.8. The van der Waals surface area contributed by atoms with Gasteiger partial charge in [-0.05, 0) is 12.1 Å². The number of anilines is 3. The summed E-state index contributed by atoms with van der Waals surface area (Å²) in [6.07, 6.45) is 1.68. The Morgan fingerprint density at radius 2 is 1.62 bits per heavy atom. The predicted molar refractivity (Wildman–Crippen MR) is 124 cm³/mol. The zero-order chi connectivity index (χ0) is 22.1. The molecule has 0 saturated carbocycles. The first-order chi connectivity index (χ1) is 15.7. The Morgan fingerprint density at radius 1 is 0.969 bits per heavy atom.